The fourth-order valence-electron chi connectivity index (χ4n) is 2.78. The van der Waals surface area contributed by atoms with E-state index in [0.29, 0.717) is 30.1 Å². The van der Waals surface area contributed by atoms with Crippen LogP contribution < -0.4 is 14.8 Å². The molecule has 1 aliphatic heterocycles. The van der Waals surface area contributed by atoms with Gasteiger partial charge in [0.25, 0.3) is 0 Å². The van der Waals surface area contributed by atoms with Crippen molar-refractivity contribution in [3.05, 3.63) is 23.8 Å². The number of fused-ring (bicyclic) bond motifs is 1. The summed E-state index contributed by atoms with van der Waals surface area (Å²) in [6, 6.07) is 5.03. The fourth-order valence-corrected chi connectivity index (χ4v) is 3.34. The van der Waals surface area contributed by atoms with Gasteiger partial charge in [-0.15, -0.1) is 0 Å². The van der Waals surface area contributed by atoms with Gasteiger partial charge in [-0.3, -0.25) is 9.52 Å². The van der Waals surface area contributed by atoms with Gasteiger partial charge >= 0.3 is 0 Å². The molecule has 0 saturated heterocycles. The Morgan fingerprint density at radius 3 is 2.71 bits per heavy atom. The summed E-state index contributed by atoms with van der Waals surface area (Å²) in [4.78, 5) is 14.1. The first-order valence-corrected chi connectivity index (χ1v) is 9.74. The van der Waals surface area contributed by atoms with Gasteiger partial charge in [-0.1, -0.05) is 6.92 Å². The van der Waals surface area contributed by atoms with E-state index in [9.17, 15) is 13.2 Å². The van der Waals surface area contributed by atoms with E-state index in [-0.39, 0.29) is 24.3 Å². The fraction of sp³-hybridized carbons (Fsp3) is 0.562. The largest absolute Gasteiger partial charge is 0.488 e. The Bertz CT molecular complexity index is 705. The molecule has 0 spiro atoms. The first kappa shape index (κ1) is 18.5. The predicted molar refractivity (Wildman–Crippen MR) is 93.8 cm³/mol. The van der Waals surface area contributed by atoms with Gasteiger partial charge in [0.1, 0.15) is 11.9 Å². The maximum absolute atomic E-state index is 12.4. The summed E-state index contributed by atoms with van der Waals surface area (Å²) in [7, 11) is 0.260. The molecule has 0 bridgehead atoms. The number of rotatable bonds is 4. The average Bonchev–Trinajstić information content (AvgIpc) is 2.50. The lowest BCUT2D eigenvalue weighted by atomic mass is 10.0. The maximum atomic E-state index is 12.4. The number of benzene rings is 1. The van der Waals surface area contributed by atoms with Gasteiger partial charge in [-0.25, -0.2) is 8.42 Å². The van der Waals surface area contributed by atoms with Crippen molar-refractivity contribution in [2.45, 2.75) is 19.4 Å². The van der Waals surface area contributed by atoms with Crippen molar-refractivity contribution in [3.63, 3.8) is 0 Å². The van der Waals surface area contributed by atoms with Crippen molar-refractivity contribution in [2.24, 2.45) is 5.92 Å². The Kier molecular flexibility index (Phi) is 5.71. The number of amides is 1. The Hall–Kier alpha value is -1.80. The molecule has 0 aliphatic carbocycles. The van der Waals surface area contributed by atoms with Gasteiger partial charge in [-0.05, 0) is 25.2 Å². The van der Waals surface area contributed by atoms with Gasteiger partial charge in [-0.2, -0.15) is 0 Å². The predicted octanol–water partition coefficient (Wildman–Crippen LogP) is 0.676. The van der Waals surface area contributed by atoms with Gasteiger partial charge in [0.05, 0.1) is 12.7 Å². The number of nitrogens with zero attached hydrogens (tertiary/aromatic N) is 1. The van der Waals surface area contributed by atoms with Crippen LogP contribution in [-0.4, -0.2) is 58.8 Å². The van der Waals surface area contributed by atoms with Crippen molar-refractivity contribution >= 4 is 21.6 Å². The summed E-state index contributed by atoms with van der Waals surface area (Å²) in [5.41, 5.74) is 1.10. The maximum Gasteiger partial charge on any atom is 0.229 e. The molecule has 7 nitrogen and oxygen atoms in total. The third kappa shape index (κ3) is 4.85. The normalized spacial score (nSPS) is 22.0. The van der Waals surface area contributed by atoms with Gasteiger partial charge < -0.3 is 15.0 Å². The number of hydrogen-bond acceptors (Lipinski definition) is 5. The minimum absolute atomic E-state index is 0.0201. The standard InChI is InChI=1S/C16H25N3O4S/c1-11-10-19(3)16(20)8-12-7-13(18-24(4,21)22)5-6-14(12)23-15(11)9-17-2/h5-7,11,15,17-18H,8-10H2,1-4H3/t11-,15-/m1/s1. The highest BCUT2D eigenvalue weighted by Gasteiger charge is 2.26. The van der Waals surface area contributed by atoms with E-state index in [2.05, 4.69) is 17.0 Å². The third-order valence-electron chi connectivity index (χ3n) is 4.01. The van der Waals surface area contributed by atoms with Gasteiger partial charge in [0, 0.05) is 37.3 Å². The van der Waals surface area contributed by atoms with E-state index in [1.165, 1.54) is 0 Å². The van der Waals surface area contributed by atoms with Crippen LogP contribution in [0.5, 0.6) is 5.75 Å². The quantitative estimate of drug-likeness (QED) is 0.829. The topological polar surface area (TPSA) is 87.7 Å². The minimum atomic E-state index is -3.38. The highest BCUT2D eigenvalue weighted by Crippen LogP contribution is 2.28. The van der Waals surface area contributed by atoms with Crippen LogP contribution in [0, 0.1) is 5.92 Å². The second kappa shape index (κ2) is 7.40. The molecule has 1 aromatic rings. The second-order valence-corrected chi connectivity index (χ2v) is 8.09. The molecule has 1 amide bonds. The molecule has 1 aliphatic rings. The lowest BCUT2D eigenvalue weighted by Gasteiger charge is -2.27. The van der Waals surface area contributed by atoms with Crippen LogP contribution >= 0.6 is 0 Å². The summed E-state index contributed by atoms with van der Waals surface area (Å²) in [6.45, 7) is 3.32. The van der Waals surface area contributed by atoms with E-state index >= 15 is 0 Å². The average molecular weight is 355 g/mol. The molecule has 0 saturated carbocycles. The number of carbonyl (C=O) groups is 1. The van der Waals surface area contributed by atoms with E-state index in [4.69, 9.17) is 4.74 Å². The summed E-state index contributed by atoms with van der Waals surface area (Å²) < 4.78 is 31.4. The SMILES string of the molecule is CNC[C@H]1Oc2ccc(NS(C)(=O)=O)cc2CC(=O)N(C)C[C@H]1C. The van der Waals surface area contributed by atoms with Crippen LogP contribution in [0.1, 0.15) is 12.5 Å². The van der Waals surface area contributed by atoms with Crippen molar-refractivity contribution in [2.75, 3.05) is 38.2 Å². The Morgan fingerprint density at radius 2 is 2.08 bits per heavy atom. The molecule has 24 heavy (non-hydrogen) atoms. The molecule has 2 atom stereocenters. The highest BCUT2D eigenvalue weighted by molar-refractivity contribution is 7.92. The van der Waals surface area contributed by atoms with Crippen LogP contribution in [0.15, 0.2) is 18.2 Å². The van der Waals surface area contributed by atoms with Crippen molar-refractivity contribution < 1.29 is 17.9 Å². The van der Waals surface area contributed by atoms with Crippen LogP contribution in [0.25, 0.3) is 0 Å². The molecule has 0 aromatic heterocycles. The summed E-state index contributed by atoms with van der Waals surface area (Å²) in [5.74, 6) is 0.754. The molecular weight excluding hydrogens is 330 g/mol. The number of nitrogens with one attached hydrogen (secondary N) is 2. The van der Waals surface area contributed by atoms with Crippen molar-refractivity contribution in [3.8, 4) is 5.75 Å². The van der Waals surface area contributed by atoms with Crippen molar-refractivity contribution in [1.29, 1.82) is 0 Å². The summed E-state index contributed by atoms with van der Waals surface area (Å²) in [6.07, 6.45) is 1.18. The minimum Gasteiger partial charge on any atom is -0.488 e. The number of carbonyl (C=O) groups excluding carboxylic acids is 1. The van der Waals surface area contributed by atoms with E-state index < -0.39 is 10.0 Å². The van der Waals surface area contributed by atoms with Crippen LogP contribution in [-0.2, 0) is 21.2 Å². The number of ether oxygens (including phenoxy) is 1. The molecule has 1 heterocycles. The first-order chi connectivity index (χ1) is 11.2. The van der Waals surface area contributed by atoms with E-state index in [0.717, 1.165) is 6.26 Å². The van der Waals surface area contributed by atoms with Crippen molar-refractivity contribution in [1.82, 2.24) is 10.2 Å². The molecule has 0 unspecified atom stereocenters. The van der Waals surface area contributed by atoms with E-state index in [1.54, 1.807) is 30.1 Å². The summed E-state index contributed by atoms with van der Waals surface area (Å²) >= 11 is 0. The molecule has 2 rings (SSSR count). The van der Waals surface area contributed by atoms with Gasteiger partial charge in [0.15, 0.2) is 0 Å². The molecule has 8 heteroatoms. The molecule has 0 radical (unpaired) electrons. The monoisotopic (exact) mass is 355 g/mol. The van der Waals surface area contributed by atoms with Crippen LogP contribution in [0.4, 0.5) is 5.69 Å². The number of anilines is 1. The van der Waals surface area contributed by atoms with Crippen LogP contribution in [0.2, 0.25) is 0 Å². The number of likely N-dealkylation sites (N-methyl/N-ethyl adjacent to an activating group) is 2. The highest BCUT2D eigenvalue weighted by atomic mass is 32.2. The number of sulfonamides is 1. The lowest BCUT2D eigenvalue weighted by Crippen LogP contribution is -2.41. The molecule has 1 aromatic carbocycles. The van der Waals surface area contributed by atoms with Crippen LogP contribution in [0.3, 0.4) is 0 Å². The lowest BCUT2D eigenvalue weighted by molar-refractivity contribution is -0.129. The van der Waals surface area contributed by atoms with Gasteiger partial charge in [0.2, 0.25) is 15.9 Å². The second-order valence-electron chi connectivity index (χ2n) is 6.34. The first-order valence-electron chi connectivity index (χ1n) is 7.85. The smallest absolute Gasteiger partial charge is 0.229 e. The number of hydrogen-bond donors (Lipinski definition) is 2. The molecule has 0 fully saturated rings. The molecule has 2 N–H and O–H groups in total. The Labute approximate surface area is 143 Å². The Balaban J connectivity index is 2.40. The molecule has 134 valence electrons. The zero-order valence-corrected chi connectivity index (χ0v) is 15.3. The Morgan fingerprint density at radius 1 is 1.38 bits per heavy atom. The summed E-state index contributed by atoms with van der Waals surface area (Å²) in [5, 5.41) is 3.12. The third-order valence-corrected chi connectivity index (χ3v) is 4.62. The van der Waals surface area contributed by atoms with E-state index in [1.807, 2.05) is 7.05 Å². The zero-order chi connectivity index (χ0) is 17.9. The zero-order valence-electron chi connectivity index (χ0n) is 14.5. The molecular formula is C16H25N3O4S.